The zero-order valence-corrected chi connectivity index (χ0v) is 28.2. The van der Waals surface area contributed by atoms with Crippen LogP contribution in [0.3, 0.4) is 0 Å². The van der Waals surface area contributed by atoms with Crippen LogP contribution in [0.4, 0.5) is 5.69 Å². The summed E-state index contributed by atoms with van der Waals surface area (Å²) in [6, 6.07) is 22.8. The number of nitrogens with one attached hydrogen (secondary N) is 3. The van der Waals surface area contributed by atoms with E-state index < -0.39 is 18.6 Å². The highest BCUT2D eigenvalue weighted by Crippen LogP contribution is 2.39. The van der Waals surface area contributed by atoms with Gasteiger partial charge in [0.1, 0.15) is 11.8 Å². The van der Waals surface area contributed by atoms with Gasteiger partial charge >= 0.3 is 5.97 Å². The van der Waals surface area contributed by atoms with Crippen LogP contribution in [0.1, 0.15) is 29.5 Å². The van der Waals surface area contributed by atoms with Crippen LogP contribution in [-0.4, -0.2) is 64.2 Å². The van der Waals surface area contributed by atoms with Gasteiger partial charge < -0.3 is 25.6 Å². The largest absolute Gasteiger partial charge is 0.497 e. The number of ether oxygens (including phenoxy) is 1. The molecule has 6 rings (SSSR count). The van der Waals surface area contributed by atoms with Gasteiger partial charge in [0.2, 0.25) is 5.91 Å². The molecule has 1 aromatic heterocycles. The zero-order chi connectivity index (χ0) is 35.2. The number of aliphatic carboxylic acids is 1. The lowest BCUT2D eigenvalue weighted by Gasteiger charge is -2.16. The molecule has 1 saturated heterocycles. The predicted molar refractivity (Wildman–Crippen MR) is 192 cm³/mol. The highest BCUT2D eigenvalue weighted by atomic mass is 35.5. The van der Waals surface area contributed by atoms with Gasteiger partial charge in [0.15, 0.2) is 5.69 Å². The van der Waals surface area contributed by atoms with E-state index in [2.05, 4.69) is 45.1 Å². The molecule has 1 aliphatic rings. The van der Waals surface area contributed by atoms with Crippen LogP contribution >= 0.6 is 11.6 Å². The Labute approximate surface area is 294 Å². The standard InChI is InChI=1S/C38H37ClN6O5/c1-40-32-15-25(18-42-33(22-46)38(48)49)35(50-2)16-26(32)21-45-34-8-4-6-29(31(34)20-43-45)30-7-3-5-28(37(30)39)24-11-9-23(10-12-24)17-41-19-27-13-14-36(47)44-27/h3-12,15-16,20,27,33,41-42,46H,13-14,17-19,21-22H2,2H3,(H,44,47)(H,48,49)/t27-,33-/m0/s1. The molecule has 5 aromatic rings. The molecule has 12 heteroatoms. The number of methoxy groups -OCH3 is 1. The molecule has 0 unspecified atom stereocenters. The summed E-state index contributed by atoms with van der Waals surface area (Å²) in [7, 11) is 1.51. The number of carbonyl (C=O) groups is 2. The van der Waals surface area contributed by atoms with Gasteiger partial charge in [-0.1, -0.05) is 66.2 Å². The summed E-state index contributed by atoms with van der Waals surface area (Å²) in [4.78, 5) is 26.5. The zero-order valence-electron chi connectivity index (χ0n) is 27.4. The first-order valence-electron chi connectivity index (χ1n) is 16.3. The molecule has 2 heterocycles. The van der Waals surface area contributed by atoms with Gasteiger partial charge in [-0.15, -0.1) is 0 Å². The summed E-state index contributed by atoms with van der Waals surface area (Å²) in [5.74, 6) is -0.558. The van der Waals surface area contributed by atoms with Crippen molar-refractivity contribution in [3.05, 3.63) is 112 Å². The predicted octanol–water partition coefficient (Wildman–Crippen LogP) is 5.53. The van der Waals surface area contributed by atoms with E-state index in [9.17, 15) is 19.8 Å². The number of halogens is 1. The maximum Gasteiger partial charge on any atom is 0.323 e. The molecule has 50 heavy (non-hydrogen) atoms. The molecule has 0 spiro atoms. The molecule has 1 amide bonds. The van der Waals surface area contributed by atoms with Gasteiger partial charge in [0, 0.05) is 48.6 Å². The van der Waals surface area contributed by atoms with Crippen molar-refractivity contribution in [2.45, 2.75) is 44.6 Å². The summed E-state index contributed by atoms with van der Waals surface area (Å²) >= 11 is 7.11. The highest BCUT2D eigenvalue weighted by Gasteiger charge is 2.21. The second-order valence-corrected chi connectivity index (χ2v) is 12.6. The van der Waals surface area contributed by atoms with Crippen LogP contribution in [0.5, 0.6) is 5.75 Å². The monoisotopic (exact) mass is 692 g/mol. The number of amides is 1. The fraction of sp³-hybridized carbons (Fsp3) is 0.263. The first kappa shape index (κ1) is 34.6. The summed E-state index contributed by atoms with van der Waals surface area (Å²) in [6.07, 6.45) is 3.27. The Bertz CT molecular complexity index is 2070. The number of aliphatic hydroxyl groups is 1. The first-order chi connectivity index (χ1) is 24.3. The summed E-state index contributed by atoms with van der Waals surface area (Å²) < 4.78 is 7.42. The molecule has 1 aliphatic heterocycles. The number of carbonyl (C=O) groups excluding carboxylic acids is 1. The Hall–Kier alpha value is -5.25. The summed E-state index contributed by atoms with van der Waals surface area (Å²) in [6.45, 7) is 9.11. The maximum absolute atomic E-state index is 11.5. The smallest absolute Gasteiger partial charge is 0.323 e. The number of carboxylic acid groups (broad SMARTS) is 1. The number of aromatic nitrogens is 2. The summed E-state index contributed by atoms with van der Waals surface area (Å²) in [5, 5.41) is 34.1. The van der Waals surface area contributed by atoms with Crippen LogP contribution in [0.15, 0.2) is 79.0 Å². The molecule has 5 N–H and O–H groups in total. The molecule has 0 radical (unpaired) electrons. The Balaban J connectivity index is 1.22. The van der Waals surface area contributed by atoms with Crippen LogP contribution in [0.2, 0.25) is 5.02 Å². The van der Waals surface area contributed by atoms with Crippen molar-refractivity contribution in [1.82, 2.24) is 25.7 Å². The number of hydrogen-bond donors (Lipinski definition) is 5. The molecule has 0 aliphatic carbocycles. The number of carboxylic acids is 1. The second-order valence-electron chi connectivity index (χ2n) is 12.2. The summed E-state index contributed by atoms with van der Waals surface area (Å²) in [5.41, 5.74) is 7.41. The molecule has 4 aromatic carbocycles. The molecule has 2 atom stereocenters. The van der Waals surface area contributed by atoms with Gasteiger partial charge in [0.05, 0.1) is 43.6 Å². The minimum absolute atomic E-state index is 0.0983. The number of hydrogen-bond acceptors (Lipinski definition) is 7. The van der Waals surface area contributed by atoms with Gasteiger partial charge in [-0.3, -0.25) is 19.6 Å². The lowest BCUT2D eigenvalue weighted by Crippen LogP contribution is -2.39. The molecule has 0 saturated carbocycles. The van der Waals surface area contributed by atoms with Crippen molar-refractivity contribution in [3.63, 3.8) is 0 Å². The van der Waals surface area contributed by atoms with E-state index in [-0.39, 0.29) is 18.5 Å². The van der Waals surface area contributed by atoms with E-state index in [1.165, 1.54) is 7.11 Å². The second kappa shape index (κ2) is 15.5. The minimum atomic E-state index is -1.17. The quantitative estimate of drug-likeness (QED) is 0.0957. The van der Waals surface area contributed by atoms with Gasteiger partial charge in [0.25, 0.3) is 0 Å². The number of rotatable bonds is 14. The Morgan fingerprint density at radius 3 is 2.56 bits per heavy atom. The Morgan fingerprint density at radius 2 is 1.86 bits per heavy atom. The third-order valence-electron chi connectivity index (χ3n) is 8.99. The van der Waals surface area contributed by atoms with E-state index in [1.54, 1.807) is 18.3 Å². The number of fused-ring (bicyclic) bond motifs is 1. The fourth-order valence-electron chi connectivity index (χ4n) is 6.29. The number of nitrogens with zero attached hydrogens (tertiary/aromatic N) is 3. The molecular formula is C38H37ClN6O5. The molecular weight excluding hydrogens is 656 g/mol. The van der Waals surface area contributed by atoms with Gasteiger partial charge in [-0.05, 0) is 52.4 Å². The average molecular weight is 693 g/mol. The Kier molecular flexibility index (Phi) is 10.7. The van der Waals surface area contributed by atoms with E-state index in [0.29, 0.717) is 47.1 Å². The van der Waals surface area contributed by atoms with Gasteiger partial charge in [-0.25, -0.2) is 4.85 Å². The van der Waals surface area contributed by atoms with E-state index >= 15 is 0 Å². The van der Waals surface area contributed by atoms with Crippen LogP contribution < -0.4 is 20.7 Å². The first-order valence-corrected chi connectivity index (χ1v) is 16.6. The third kappa shape index (κ3) is 7.49. The van der Waals surface area contributed by atoms with Crippen LogP contribution in [-0.2, 0) is 29.2 Å². The van der Waals surface area contributed by atoms with Crippen molar-refractivity contribution >= 4 is 40.1 Å². The topological polar surface area (TPSA) is 142 Å². The van der Waals surface area contributed by atoms with Crippen molar-refractivity contribution < 1.29 is 24.5 Å². The maximum atomic E-state index is 11.5. The molecule has 11 nitrogen and oxygen atoms in total. The van der Waals surface area contributed by atoms with Crippen LogP contribution in [0.25, 0.3) is 38.0 Å². The van der Waals surface area contributed by atoms with Crippen molar-refractivity contribution in [2.24, 2.45) is 0 Å². The van der Waals surface area contributed by atoms with Crippen molar-refractivity contribution in [1.29, 1.82) is 0 Å². The van der Waals surface area contributed by atoms with E-state index in [4.69, 9.17) is 28.0 Å². The van der Waals surface area contributed by atoms with E-state index in [0.717, 1.165) is 51.7 Å². The molecule has 0 bridgehead atoms. The third-order valence-corrected chi connectivity index (χ3v) is 9.40. The lowest BCUT2D eigenvalue weighted by atomic mass is 9.96. The highest BCUT2D eigenvalue weighted by molar-refractivity contribution is 6.36. The Morgan fingerprint density at radius 1 is 1.10 bits per heavy atom. The SMILES string of the molecule is [C-]#[N+]c1cc(CN[C@@H](CO)C(=O)O)c(OC)cc1Cn1ncc2c(-c3cccc(-c4ccc(CNC[C@@H]5CCC(=O)N5)cc4)c3Cl)cccc21. The fourth-order valence-corrected chi connectivity index (χ4v) is 6.62. The van der Waals surface area contributed by atoms with Crippen molar-refractivity contribution in [2.75, 3.05) is 20.3 Å². The minimum Gasteiger partial charge on any atom is -0.497 e. The number of benzene rings is 4. The average Bonchev–Trinajstić information content (AvgIpc) is 3.74. The lowest BCUT2D eigenvalue weighted by molar-refractivity contribution is -0.140. The molecule has 256 valence electrons. The number of aliphatic hydroxyl groups excluding tert-OH is 1. The van der Waals surface area contributed by atoms with Crippen LogP contribution in [0, 0.1) is 6.57 Å². The van der Waals surface area contributed by atoms with Gasteiger partial charge in [-0.2, -0.15) is 5.10 Å². The molecule has 1 fully saturated rings. The normalized spacial score (nSPS) is 14.8. The van der Waals surface area contributed by atoms with E-state index in [1.807, 2.05) is 41.1 Å². The van der Waals surface area contributed by atoms with Crippen molar-refractivity contribution in [3.8, 4) is 28.0 Å².